The summed E-state index contributed by atoms with van der Waals surface area (Å²) in [7, 11) is 0. The molecule has 224 valence electrons. The van der Waals surface area contributed by atoms with Crippen LogP contribution < -0.4 is 9.47 Å². The van der Waals surface area contributed by atoms with Crippen LogP contribution in [0.5, 0.6) is 11.5 Å². The normalized spacial score (nSPS) is 34.7. The molecule has 0 unspecified atom stereocenters. The van der Waals surface area contributed by atoms with Gasteiger partial charge >= 0.3 is 0 Å². The highest BCUT2D eigenvalue weighted by Crippen LogP contribution is 2.28. The van der Waals surface area contributed by atoms with Crippen molar-refractivity contribution in [3.05, 3.63) is 78.4 Å². The van der Waals surface area contributed by atoms with Crippen molar-refractivity contribution in [1.82, 2.24) is 0 Å². The van der Waals surface area contributed by atoms with E-state index in [4.69, 9.17) is 18.9 Å². The van der Waals surface area contributed by atoms with E-state index in [9.17, 15) is 40.9 Å². The molecule has 2 heterocycles. The maximum absolute atomic E-state index is 10.2. The maximum atomic E-state index is 10.2. The molecular weight excluding hydrogens is 540 g/mol. The lowest BCUT2D eigenvalue weighted by Gasteiger charge is -2.39. The van der Waals surface area contributed by atoms with E-state index in [0.29, 0.717) is 11.5 Å². The van der Waals surface area contributed by atoms with Gasteiger partial charge in [0.2, 0.25) is 12.6 Å². The Hall–Kier alpha value is -2.88. The summed E-state index contributed by atoms with van der Waals surface area (Å²) in [5.41, 5.74) is 1.72. The second-order valence-corrected chi connectivity index (χ2v) is 9.89. The average molecular weight is 577 g/mol. The fourth-order valence-corrected chi connectivity index (χ4v) is 4.56. The van der Waals surface area contributed by atoms with E-state index in [1.165, 1.54) is 0 Å². The highest BCUT2D eigenvalue weighted by Gasteiger charge is 2.45. The highest BCUT2D eigenvalue weighted by atomic mass is 16.7. The topological polar surface area (TPSA) is 199 Å². The summed E-state index contributed by atoms with van der Waals surface area (Å²) in [5.74, 6) is 0.531. The van der Waals surface area contributed by atoms with Gasteiger partial charge in [0.25, 0.3) is 0 Å². The van der Waals surface area contributed by atoms with Gasteiger partial charge in [0.05, 0.1) is 13.2 Å². The van der Waals surface area contributed by atoms with Gasteiger partial charge in [-0.15, -0.1) is 6.58 Å². The molecule has 2 aliphatic heterocycles. The smallest absolute Gasteiger partial charge is 0.229 e. The first-order valence-corrected chi connectivity index (χ1v) is 13.1. The standard InChI is InChI=1S/C29H36O12/c1-2-16(17-7-11-19(12-8-17)39-29-27(37)25(35)23(33)21(14-31)41-29)6-3-15-4-9-18(10-5-15)38-28-26(36)24(34)22(32)20(13-30)40-28/h2-12,16,20-37H,1,13-14H2/b6-3+/t16-,20-,21-,22+,23+,24+,25+,26+,27+,28-,29-/m0/s1. The Morgan fingerprint density at radius 2 is 1.10 bits per heavy atom. The lowest BCUT2D eigenvalue weighted by atomic mass is 9.97. The summed E-state index contributed by atoms with van der Waals surface area (Å²) in [4.78, 5) is 0. The van der Waals surface area contributed by atoms with Gasteiger partial charge in [-0.3, -0.25) is 0 Å². The van der Waals surface area contributed by atoms with Crippen molar-refractivity contribution >= 4 is 6.08 Å². The molecule has 0 aliphatic carbocycles. The van der Waals surface area contributed by atoms with Crippen LogP contribution in [0.3, 0.4) is 0 Å². The molecule has 0 saturated carbocycles. The van der Waals surface area contributed by atoms with Gasteiger partial charge in [-0.25, -0.2) is 0 Å². The minimum absolute atomic E-state index is 0.165. The molecule has 4 rings (SSSR count). The van der Waals surface area contributed by atoms with Crippen LogP contribution in [0.25, 0.3) is 6.08 Å². The molecular formula is C29H36O12. The first kappa shape index (κ1) is 31.1. The summed E-state index contributed by atoms with van der Waals surface area (Å²) < 4.78 is 22.0. The minimum Gasteiger partial charge on any atom is -0.462 e. The Bertz CT molecular complexity index is 1140. The number of aliphatic hydroxyl groups is 8. The Morgan fingerprint density at radius 1 is 0.659 bits per heavy atom. The molecule has 8 N–H and O–H groups in total. The molecule has 0 radical (unpaired) electrons. The summed E-state index contributed by atoms with van der Waals surface area (Å²) in [5, 5.41) is 78.7. The van der Waals surface area contributed by atoms with Crippen molar-refractivity contribution in [3.8, 4) is 11.5 Å². The van der Waals surface area contributed by atoms with Crippen LogP contribution in [-0.2, 0) is 9.47 Å². The predicted molar refractivity (Wildman–Crippen MR) is 144 cm³/mol. The second kappa shape index (κ2) is 13.9. The molecule has 41 heavy (non-hydrogen) atoms. The van der Waals surface area contributed by atoms with Gasteiger partial charge in [0.15, 0.2) is 0 Å². The number of rotatable bonds is 10. The molecule has 12 nitrogen and oxygen atoms in total. The Balaban J connectivity index is 1.35. The van der Waals surface area contributed by atoms with Gasteiger partial charge in [-0.1, -0.05) is 42.5 Å². The third-order valence-electron chi connectivity index (χ3n) is 7.10. The largest absolute Gasteiger partial charge is 0.462 e. The quantitative estimate of drug-likeness (QED) is 0.161. The predicted octanol–water partition coefficient (Wildman–Crippen LogP) is -0.973. The number of ether oxygens (including phenoxy) is 4. The van der Waals surface area contributed by atoms with Crippen LogP contribution in [-0.4, -0.2) is 115 Å². The van der Waals surface area contributed by atoms with Crippen LogP contribution >= 0.6 is 0 Å². The molecule has 0 bridgehead atoms. The first-order valence-electron chi connectivity index (χ1n) is 13.1. The summed E-state index contributed by atoms with van der Waals surface area (Å²) in [6.45, 7) is 2.80. The van der Waals surface area contributed by atoms with Crippen LogP contribution in [0.1, 0.15) is 17.0 Å². The van der Waals surface area contributed by atoms with E-state index >= 15 is 0 Å². The first-order chi connectivity index (χ1) is 19.7. The van der Waals surface area contributed by atoms with E-state index in [0.717, 1.165) is 11.1 Å². The van der Waals surface area contributed by atoms with Crippen LogP contribution in [0, 0.1) is 0 Å². The lowest BCUT2D eigenvalue weighted by Crippen LogP contribution is -2.60. The van der Waals surface area contributed by atoms with E-state index in [-0.39, 0.29) is 5.92 Å². The van der Waals surface area contributed by atoms with Crippen LogP contribution in [0.4, 0.5) is 0 Å². The Morgan fingerprint density at radius 3 is 1.51 bits per heavy atom. The fourth-order valence-electron chi connectivity index (χ4n) is 4.56. The fraction of sp³-hybridized carbons (Fsp3) is 0.448. The zero-order chi connectivity index (χ0) is 29.7. The van der Waals surface area contributed by atoms with Gasteiger partial charge in [0.1, 0.15) is 60.3 Å². The SMILES string of the molecule is C=C[C@@H](/C=C/c1ccc(O[C@H]2O[C@@H](CO)[C@@H](O)[C@@H](O)[C@H]2O)cc1)c1ccc(O[C@H]2O[C@@H](CO)[C@@H](O)[C@@H](O)[C@H]2O)cc1. The molecule has 2 fully saturated rings. The molecule has 11 atom stereocenters. The van der Waals surface area contributed by atoms with Gasteiger partial charge in [-0.05, 0) is 35.4 Å². The number of hydrogen-bond donors (Lipinski definition) is 8. The number of hydrogen-bond acceptors (Lipinski definition) is 12. The van der Waals surface area contributed by atoms with Crippen molar-refractivity contribution in [2.45, 2.75) is 67.3 Å². The number of aliphatic hydroxyl groups excluding tert-OH is 8. The van der Waals surface area contributed by atoms with E-state index in [1.54, 1.807) is 54.6 Å². The van der Waals surface area contributed by atoms with Crippen molar-refractivity contribution in [2.75, 3.05) is 13.2 Å². The van der Waals surface area contributed by atoms with Crippen LogP contribution in [0.2, 0.25) is 0 Å². The molecule has 2 aliphatic rings. The molecule has 12 heteroatoms. The monoisotopic (exact) mass is 576 g/mol. The number of allylic oxidation sites excluding steroid dienone is 2. The maximum Gasteiger partial charge on any atom is 0.229 e. The van der Waals surface area contributed by atoms with Crippen molar-refractivity contribution < 1.29 is 59.8 Å². The number of benzene rings is 2. The van der Waals surface area contributed by atoms with E-state index in [2.05, 4.69) is 6.58 Å². The zero-order valence-corrected chi connectivity index (χ0v) is 22.0. The molecule has 2 aromatic rings. The summed E-state index contributed by atoms with van der Waals surface area (Å²) in [6, 6.07) is 13.8. The molecule has 2 saturated heterocycles. The Kier molecular flexibility index (Phi) is 10.5. The van der Waals surface area contributed by atoms with E-state index in [1.807, 2.05) is 12.2 Å². The molecule has 0 aromatic heterocycles. The zero-order valence-electron chi connectivity index (χ0n) is 22.0. The third-order valence-corrected chi connectivity index (χ3v) is 7.10. The van der Waals surface area contributed by atoms with Crippen molar-refractivity contribution in [3.63, 3.8) is 0 Å². The Labute approximate surface area is 236 Å². The third kappa shape index (κ3) is 7.13. The molecule has 0 spiro atoms. The lowest BCUT2D eigenvalue weighted by molar-refractivity contribution is -0.277. The molecule has 0 amide bonds. The van der Waals surface area contributed by atoms with Gasteiger partial charge in [-0.2, -0.15) is 0 Å². The summed E-state index contributed by atoms with van der Waals surface area (Å²) >= 11 is 0. The van der Waals surface area contributed by atoms with Crippen molar-refractivity contribution in [1.29, 1.82) is 0 Å². The van der Waals surface area contributed by atoms with Gasteiger partial charge < -0.3 is 59.8 Å². The van der Waals surface area contributed by atoms with Crippen molar-refractivity contribution in [2.24, 2.45) is 0 Å². The summed E-state index contributed by atoms with van der Waals surface area (Å²) in [6.07, 6.45) is -8.15. The van der Waals surface area contributed by atoms with Gasteiger partial charge in [0, 0.05) is 5.92 Å². The van der Waals surface area contributed by atoms with Crippen LogP contribution in [0.15, 0.2) is 67.3 Å². The average Bonchev–Trinajstić information content (AvgIpc) is 2.99. The minimum atomic E-state index is -1.53. The highest BCUT2D eigenvalue weighted by molar-refractivity contribution is 5.53. The molecule has 2 aromatic carbocycles. The van der Waals surface area contributed by atoms with E-state index < -0.39 is 74.6 Å². The second-order valence-electron chi connectivity index (χ2n) is 9.89.